The maximum Gasteiger partial charge on any atom is 0.322 e. The number of rotatable bonds is 4. The van der Waals surface area contributed by atoms with E-state index in [-0.39, 0.29) is 11.4 Å². The number of halogens is 1. The van der Waals surface area contributed by atoms with Crippen LogP contribution >= 0.6 is 11.6 Å². The molecule has 0 radical (unpaired) electrons. The third-order valence-electron chi connectivity index (χ3n) is 6.14. The molecule has 2 aromatic carbocycles. The predicted octanol–water partition coefficient (Wildman–Crippen LogP) is 4.08. The molecule has 0 unspecified atom stereocenters. The molecule has 0 spiro atoms. The standard InChI is InChI=1S/C23H24ClN5O2/c1-28-20(26-27-21(28)23(9-10-23)16-5-3-2-4-6-16)18-8-7-17(15-19(18)24)25-22(30)29-11-13-31-14-12-29/h2-8,15H,9-14H2,1H3,(H,25,30). The summed E-state index contributed by atoms with van der Waals surface area (Å²) in [7, 11) is 1.98. The van der Waals surface area contributed by atoms with Crippen LogP contribution < -0.4 is 5.32 Å². The van der Waals surface area contributed by atoms with E-state index in [2.05, 4.69) is 39.8 Å². The van der Waals surface area contributed by atoms with Gasteiger partial charge in [0.05, 0.1) is 23.7 Å². The number of ether oxygens (including phenoxy) is 1. The SMILES string of the molecule is Cn1c(-c2ccc(NC(=O)N3CCOCC3)cc2Cl)nnc1C1(c2ccccc2)CC1. The number of benzene rings is 2. The molecule has 1 saturated carbocycles. The fraction of sp³-hybridized carbons (Fsp3) is 0.348. The van der Waals surface area contributed by atoms with Crippen molar-refractivity contribution in [2.45, 2.75) is 18.3 Å². The summed E-state index contributed by atoms with van der Waals surface area (Å²) in [6.45, 7) is 2.29. The Hall–Kier alpha value is -2.90. The number of nitrogens with zero attached hydrogens (tertiary/aromatic N) is 4. The zero-order valence-electron chi connectivity index (χ0n) is 17.3. The summed E-state index contributed by atoms with van der Waals surface area (Å²) in [6.07, 6.45) is 2.12. The van der Waals surface area contributed by atoms with Gasteiger partial charge in [-0.1, -0.05) is 41.9 Å². The number of nitrogens with one attached hydrogen (secondary N) is 1. The predicted molar refractivity (Wildman–Crippen MR) is 119 cm³/mol. The second kappa shape index (κ2) is 7.98. The molecule has 0 bridgehead atoms. The van der Waals surface area contributed by atoms with Gasteiger partial charge in [-0.3, -0.25) is 0 Å². The van der Waals surface area contributed by atoms with Crippen molar-refractivity contribution in [2.75, 3.05) is 31.6 Å². The zero-order valence-corrected chi connectivity index (χ0v) is 18.1. The van der Waals surface area contributed by atoms with Gasteiger partial charge in [-0.25, -0.2) is 4.79 Å². The highest BCUT2D eigenvalue weighted by atomic mass is 35.5. The molecule has 1 N–H and O–H groups in total. The van der Waals surface area contributed by atoms with Gasteiger partial charge < -0.3 is 19.5 Å². The number of hydrogen-bond donors (Lipinski definition) is 1. The lowest BCUT2D eigenvalue weighted by molar-refractivity contribution is 0.0564. The molecule has 2 amide bonds. The second-order valence-electron chi connectivity index (χ2n) is 8.08. The van der Waals surface area contributed by atoms with Crippen LogP contribution in [0, 0.1) is 0 Å². The van der Waals surface area contributed by atoms with Gasteiger partial charge in [-0.15, -0.1) is 10.2 Å². The molecule has 7 nitrogen and oxygen atoms in total. The highest BCUT2D eigenvalue weighted by Crippen LogP contribution is 2.53. The number of carbonyl (C=O) groups excluding carboxylic acids is 1. The van der Waals surface area contributed by atoms with Crippen LogP contribution in [0.2, 0.25) is 5.02 Å². The van der Waals surface area contributed by atoms with Crippen molar-refractivity contribution in [3.8, 4) is 11.4 Å². The molecular weight excluding hydrogens is 414 g/mol. The zero-order chi connectivity index (χ0) is 21.4. The number of anilines is 1. The van der Waals surface area contributed by atoms with Crippen LogP contribution in [-0.2, 0) is 17.2 Å². The summed E-state index contributed by atoms with van der Waals surface area (Å²) in [4.78, 5) is 14.2. The molecule has 3 aromatic rings. The fourth-order valence-electron chi connectivity index (χ4n) is 4.25. The Morgan fingerprint density at radius 3 is 2.52 bits per heavy atom. The van der Waals surface area contributed by atoms with Crippen molar-refractivity contribution in [3.05, 3.63) is 64.9 Å². The van der Waals surface area contributed by atoms with Crippen LogP contribution in [0.3, 0.4) is 0 Å². The first-order valence-corrected chi connectivity index (χ1v) is 10.9. The fourth-order valence-corrected chi connectivity index (χ4v) is 4.51. The Kier molecular flexibility index (Phi) is 5.16. The molecule has 2 aliphatic rings. The minimum atomic E-state index is -0.147. The van der Waals surface area contributed by atoms with Crippen molar-refractivity contribution in [1.29, 1.82) is 0 Å². The number of aromatic nitrogens is 3. The first-order chi connectivity index (χ1) is 15.1. The Morgan fingerprint density at radius 2 is 1.84 bits per heavy atom. The molecule has 1 aliphatic heterocycles. The number of morpholine rings is 1. The summed E-state index contributed by atoms with van der Waals surface area (Å²) < 4.78 is 7.33. The van der Waals surface area contributed by atoms with E-state index in [1.54, 1.807) is 11.0 Å². The third-order valence-corrected chi connectivity index (χ3v) is 6.45. The van der Waals surface area contributed by atoms with E-state index >= 15 is 0 Å². The maximum atomic E-state index is 12.4. The molecule has 2 fully saturated rings. The van der Waals surface area contributed by atoms with Gasteiger partial charge in [0.2, 0.25) is 0 Å². The molecule has 0 atom stereocenters. The van der Waals surface area contributed by atoms with Crippen molar-refractivity contribution < 1.29 is 9.53 Å². The van der Waals surface area contributed by atoms with E-state index in [0.29, 0.717) is 42.8 Å². The second-order valence-corrected chi connectivity index (χ2v) is 8.49. The molecule has 1 saturated heterocycles. The first kappa shape index (κ1) is 20.0. The van der Waals surface area contributed by atoms with Crippen LogP contribution in [0.5, 0.6) is 0 Å². The quantitative estimate of drug-likeness (QED) is 0.667. The monoisotopic (exact) mass is 437 g/mol. The lowest BCUT2D eigenvalue weighted by atomic mass is 9.95. The van der Waals surface area contributed by atoms with Gasteiger partial charge in [0.25, 0.3) is 0 Å². The highest BCUT2D eigenvalue weighted by Gasteiger charge is 2.49. The average Bonchev–Trinajstić information content (AvgIpc) is 3.52. The smallest absolute Gasteiger partial charge is 0.322 e. The maximum absolute atomic E-state index is 12.4. The summed E-state index contributed by atoms with van der Waals surface area (Å²) in [5.74, 6) is 1.67. The topological polar surface area (TPSA) is 72.3 Å². The molecule has 1 aliphatic carbocycles. The number of carbonyl (C=O) groups is 1. The van der Waals surface area contributed by atoms with Crippen molar-refractivity contribution >= 4 is 23.3 Å². The Bertz CT molecular complexity index is 1100. The number of amides is 2. The van der Waals surface area contributed by atoms with Crippen LogP contribution in [0.15, 0.2) is 48.5 Å². The lowest BCUT2D eigenvalue weighted by Crippen LogP contribution is -2.43. The van der Waals surface area contributed by atoms with E-state index < -0.39 is 0 Å². The summed E-state index contributed by atoms with van der Waals surface area (Å²) in [5, 5.41) is 12.4. The molecule has 1 aromatic heterocycles. The molecule has 2 heterocycles. The Balaban J connectivity index is 1.38. The van der Waals surface area contributed by atoms with E-state index in [4.69, 9.17) is 16.3 Å². The van der Waals surface area contributed by atoms with Crippen LogP contribution in [0.1, 0.15) is 24.2 Å². The summed E-state index contributed by atoms with van der Waals surface area (Å²) in [5.41, 5.74) is 2.64. The summed E-state index contributed by atoms with van der Waals surface area (Å²) in [6, 6.07) is 15.8. The van der Waals surface area contributed by atoms with E-state index in [1.165, 1.54) is 5.56 Å². The normalized spacial score (nSPS) is 17.4. The Labute approximate surface area is 186 Å². The first-order valence-electron chi connectivity index (χ1n) is 10.5. The van der Waals surface area contributed by atoms with Crippen molar-refractivity contribution in [2.24, 2.45) is 7.05 Å². The molecule has 31 heavy (non-hydrogen) atoms. The van der Waals surface area contributed by atoms with Gasteiger partial charge in [-0.2, -0.15) is 0 Å². The van der Waals surface area contributed by atoms with Crippen LogP contribution in [-0.4, -0.2) is 52.0 Å². The van der Waals surface area contributed by atoms with Crippen LogP contribution in [0.25, 0.3) is 11.4 Å². The van der Waals surface area contributed by atoms with Crippen molar-refractivity contribution in [3.63, 3.8) is 0 Å². The van der Waals surface area contributed by atoms with Gasteiger partial charge in [-0.05, 0) is 36.6 Å². The van der Waals surface area contributed by atoms with Gasteiger partial charge >= 0.3 is 6.03 Å². The average molecular weight is 438 g/mol. The summed E-state index contributed by atoms with van der Waals surface area (Å²) >= 11 is 6.60. The number of hydrogen-bond acceptors (Lipinski definition) is 4. The van der Waals surface area contributed by atoms with E-state index in [9.17, 15) is 4.79 Å². The van der Waals surface area contributed by atoms with Crippen LogP contribution in [0.4, 0.5) is 10.5 Å². The third kappa shape index (κ3) is 3.68. The number of urea groups is 1. The van der Waals surface area contributed by atoms with Gasteiger partial charge in [0.1, 0.15) is 5.82 Å². The minimum absolute atomic E-state index is 0.0696. The van der Waals surface area contributed by atoms with E-state index in [0.717, 1.165) is 24.2 Å². The Morgan fingerprint density at radius 1 is 1.10 bits per heavy atom. The molecular formula is C23H24ClN5O2. The molecule has 8 heteroatoms. The van der Waals surface area contributed by atoms with Gasteiger partial charge in [0.15, 0.2) is 5.82 Å². The van der Waals surface area contributed by atoms with Crippen molar-refractivity contribution in [1.82, 2.24) is 19.7 Å². The minimum Gasteiger partial charge on any atom is -0.378 e. The largest absolute Gasteiger partial charge is 0.378 e. The highest BCUT2D eigenvalue weighted by molar-refractivity contribution is 6.33. The molecule has 5 rings (SSSR count). The van der Waals surface area contributed by atoms with Gasteiger partial charge in [0, 0.05) is 31.4 Å². The molecule has 160 valence electrons. The lowest BCUT2D eigenvalue weighted by Gasteiger charge is -2.27. The van der Waals surface area contributed by atoms with E-state index in [1.807, 2.05) is 29.8 Å².